The smallest absolute Gasteiger partial charge is 0.371 e. The number of aryl methyl sites for hydroxylation is 1. The molecule has 2 aliphatic heterocycles. The lowest BCUT2D eigenvalue weighted by Crippen LogP contribution is -2.37. The fourth-order valence-electron chi connectivity index (χ4n) is 12.5. The lowest BCUT2D eigenvalue weighted by Gasteiger charge is -2.34. The van der Waals surface area contributed by atoms with E-state index >= 15 is 0 Å². The molecule has 0 spiro atoms. The van der Waals surface area contributed by atoms with E-state index in [0.717, 1.165) is 142 Å². The lowest BCUT2D eigenvalue weighted by atomic mass is 10.0. The van der Waals surface area contributed by atoms with Crippen molar-refractivity contribution in [3.05, 3.63) is 262 Å². The molecule has 0 atom stereocenters. The summed E-state index contributed by atoms with van der Waals surface area (Å²) in [6.45, 7) is 25.1. The average molecular weight is 1430 g/mol. The Labute approximate surface area is 592 Å². The topological polar surface area (TPSA) is 143 Å². The summed E-state index contributed by atoms with van der Waals surface area (Å²) >= 11 is 0. The first-order chi connectivity index (χ1) is 49.1. The summed E-state index contributed by atoms with van der Waals surface area (Å²) in [6.07, 6.45) is 6.65. The van der Waals surface area contributed by atoms with Gasteiger partial charge in [-0.15, -0.1) is 0 Å². The van der Waals surface area contributed by atoms with Crippen LogP contribution in [0.2, 0.25) is 19.6 Å². The number of nitrogens with one attached hydrogen (secondary N) is 4. The molecule has 7 aromatic carbocycles. The number of carbonyl (C=O) groups excluding carboxylic acids is 4. The highest BCUT2D eigenvalue weighted by Crippen LogP contribution is 2.36. The molecule has 4 N–H and O–H groups in total. The molecule has 0 unspecified atom stereocenters. The summed E-state index contributed by atoms with van der Waals surface area (Å²) in [4.78, 5) is 49.6. The minimum absolute atomic E-state index is 0.0291. The lowest BCUT2D eigenvalue weighted by molar-refractivity contribution is -0.138. The van der Waals surface area contributed by atoms with Gasteiger partial charge in [-0.3, -0.25) is 24.1 Å². The number of hydrogen-bond donors (Lipinski definition) is 4. The van der Waals surface area contributed by atoms with Crippen LogP contribution < -0.4 is 31.4 Å². The zero-order valence-electron chi connectivity index (χ0n) is 57.3. The van der Waals surface area contributed by atoms with Gasteiger partial charge in [0.25, 0.3) is 5.92 Å². The Morgan fingerprint density at radius 3 is 1.46 bits per heavy atom. The minimum Gasteiger partial charge on any atom is -0.371 e. The molecule has 0 saturated carbocycles. The van der Waals surface area contributed by atoms with Crippen molar-refractivity contribution in [2.24, 2.45) is 0 Å². The van der Waals surface area contributed by atoms with Gasteiger partial charge < -0.3 is 44.4 Å². The number of amides is 4. The molecule has 14 nitrogen and oxygen atoms in total. The van der Waals surface area contributed by atoms with Crippen LogP contribution in [0.1, 0.15) is 48.4 Å². The number of fused-ring (bicyclic) bond motifs is 4. The van der Waals surface area contributed by atoms with Crippen LogP contribution >= 0.6 is 0 Å². The molecule has 2 saturated heterocycles. The number of carbonyl (C=O) groups is 4. The zero-order chi connectivity index (χ0) is 73.8. The molecule has 2 aliphatic rings. The number of piperidine rings is 1. The number of aromatic nitrogens is 4. The maximum atomic E-state index is 13.2. The predicted molar refractivity (Wildman–Crippen MR) is 400 cm³/mol. The standard InChI is InChI=1S/C23H22F3N3O.C21H24N2OSi.C18H13F3N2O.C18H21F2N3O/c1-2-22(30)27-18-5-8-21-16(15-18)9-14-29(21)20-10-12-28(13-11-20)19-6-3-17(4-7-19)23(24,25)26;1-5-21(24)22-18-8-11-20-17(14-18)12-13-23(20)15-16-6-9-19(10-7-16)25(2,3)4;1-2-17(24)22-14-6-7-16-12(10-14)8-9-23(16)15-5-3-4-13(11-15)18(19,20)21;1-2-17(24)21-15-4-5-16-14(12-15)6-10-23(16)9-3-8-22-11-7-18(19,20)13-22/h2-9,14-15,20H,1,10-13H2,(H,27,30);5-14H,1,15H2,2-4H3,(H,22,24);2-11H,1H2,(H,22,24);2,4-6,10,12H,1,3,7-9,11,13H2,(H,21,24). The van der Waals surface area contributed by atoms with E-state index in [2.05, 4.69) is 129 Å². The Kier molecular flexibility index (Phi) is 23.4. The number of nitrogens with zero attached hydrogens (tertiary/aromatic N) is 6. The van der Waals surface area contributed by atoms with E-state index in [1.807, 2.05) is 77.8 Å². The second kappa shape index (κ2) is 32.3. The highest BCUT2D eigenvalue weighted by molar-refractivity contribution is 6.88. The number of rotatable bonds is 18. The molecule has 4 amide bonds. The second-order valence-electron chi connectivity index (χ2n) is 26.2. The van der Waals surface area contributed by atoms with Crippen molar-refractivity contribution >= 4 is 109 Å². The van der Waals surface area contributed by atoms with Crippen molar-refractivity contribution in [1.82, 2.24) is 23.2 Å². The number of likely N-dealkylation sites (tertiary alicyclic amines) is 1. The summed E-state index contributed by atoms with van der Waals surface area (Å²) in [7, 11) is -1.25. The summed E-state index contributed by atoms with van der Waals surface area (Å²) in [5.41, 5.74) is 8.11. The summed E-state index contributed by atoms with van der Waals surface area (Å²) in [5, 5.41) is 16.4. The largest absolute Gasteiger partial charge is 0.416 e. The highest BCUT2D eigenvalue weighted by atomic mass is 28.3. The first-order valence-electron chi connectivity index (χ1n) is 33.5. The Balaban J connectivity index is 0.000000148. The van der Waals surface area contributed by atoms with Crippen LogP contribution in [0.4, 0.5) is 63.6 Å². The van der Waals surface area contributed by atoms with Crippen LogP contribution in [0.3, 0.4) is 0 Å². The van der Waals surface area contributed by atoms with Gasteiger partial charge in [0.1, 0.15) is 0 Å². The molecule has 4 aromatic heterocycles. The quantitative estimate of drug-likeness (QED) is 0.0383. The Morgan fingerprint density at radius 1 is 0.495 bits per heavy atom. The fraction of sp³-hybridized carbons (Fsp3) is 0.225. The van der Waals surface area contributed by atoms with Gasteiger partial charge in [0.2, 0.25) is 23.6 Å². The molecule has 11 aromatic rings. The molecule has 6 heterocycles. The van der Waals surface area contributed by atoms with E-state index in [9.17, 15) is 54.3 Å². The van der Waals surface area contributed by atoms with Gasteiger partial charge in [0.15, 0.2) is 0 Å². The number of alkyl halides is 8. The van der Waals surface area contributed by atoms with E-state index in [-0.39, 0.29) is 36.6 Å². The van der Waals surface area contributed by atoms with E-state index in [0.29, 0.717) is 30.5 Å². The maximum Gasteiger partial charge on any atom is 0.416 e. The molecule has 0 bridgehead atoms. The Bertz CT molecular complexity index is 4880. The van der Waals surface area contributed by atoms with Crippen LogP contribution in [-0.4, -0.2) is 93.5 Å². The first-order valence-corrected chi connectivity index (χ1v) is 37.0. The van der Waals surface area contributed by atoms with Gasteiger partial charge in [0.05, 0.1) is 31.3 Å². The zero-order valence-corrected chi connectivity index (χ0v) is 58.3. The van der Waals surface area contributed by atoms with Gasteiger partial charge in [-0.2, -0.15) is 26.3 Å². The van der Waals surface area contributed by atoms with Crippen molar-refractivity contribution in [3.8, 4) is 5.69 Å². The van der Waals surface area contributed by atoms with Gasteiger partial charge in [-0.05, 0) is 189 Å². The third kappa shape index (κ3) is 19.5. The summed E-state index contributed by atoms with van der Waals surface area (Å²) < 4.78 is 112. The summed E-state index contributed by atoms with van der Waals surface area (Å²) in [6, 6.07) is 50.4. The van der Waals surface area contributed by atoms with E-state index in [4.69, 9.17) is 0 Å². The number of anilines is 5. The van der Waals surface area contributed by atoms with Crippen molar-refractivity contribution in [1.29, 1.82) is 0 Å². The molecule has 13 rings (SSSR count). The van der Waals surface area contributed by atoms with E-state index in [1.54, 1.807) is 53.2 Å². The van der Waals surface area contributed by atoms with Crippen molar-refractivity contribution in [3.63, 3.8) is 0 Å². The molecular formula is C80H80F8N10O4Si. The van der Waals surface area contributed by atoms with Gasteiger partial charge in [-0.1, -0.05) is 81.5 Å². The van der Waals surface area contributed by atoms with E-state index in [1.165, 1.54) is 35.0 Å². The highest BCUT2D eigenvalue weighted by Gasteiger charge is 2.38. The Hall–Kier alpha value is -11.0. The van der Waals surface area contributed by atoms with Crippen molar-refractivity contribution in [2.75, 3.05) is 58.9 Å². The van der Waals surface area contributed by atoms with Gasteiger partial charge >= 0.3 is 12.4 Å². The van der Waals surface area contributed by atoms with E-state index < -0.39 is 37.5 Å². The van der Waals surface area contributed by atoms with Gasteiger partial charge in [0, 0.05) is 149 Å². The molecule has 23 heteroatoms. The number of benzene rings is 7. The van der Waals surface area contributed by atoms with Crippen LogP contribution in [0.5, 0.6) is 0 Å². The molecule has 2 fully saturated rings. The monoisotopic (exact) mass is 1420 g/mol. The second-order valence-corrected chi connectivity index (χ2v) is 31.3. The number of halogens is 8. The SMILES string of the molecule is C=CC(=O)Nc1ccc2c(ccn2-c2cccc(C(F)(F)F)c2)c1.C=CC(=O)Nc1ccc2c(ccn2C2CCN(c3ccc(C(F)(F)F)cc3)CC2)c1.C=CC(=O)Nc1ccc2c(ccn2CCCN2CCC(F)(F)C2)c1.C=CC(=O)Nc1ccc2c(ccn2Cc2ccc([Si](C)(C)C)cc2)c1. The van der Waals surface area contributed by atoms with Crippen LogP contribution in [0.15, 0.2) is 245 Å². The fourth-order valence-corrected chi connectivity index (χ4v) is 13.7. The third-order valence-electron chi connectivity index (χ3n) is 17.9. The molecule has 0 radical (unpaired) electrons. The molecular weight excluding hydrogens is 1350 g/mol. The van der Waals surface area contributed by atoms with Crippen LogP contribution in [0.25, 0.3) is 49.3 Å². The third-order valence-corrected chi connectivity index (χ3v) is 20.0. The van der Waals surface area contributed by atoms with Crippen molar-refractivity contribution < 1.29 is 54.3 Å². The van der Waals surface area contributed by atoms with Crippen molar-refractivity contribution in [2.45, 2.75) is 82.7 Å². The normalized spacial score (nSPS) is 14.0. The van der Waals surface area contributed by atoms with Crippen LogP contribution in [-0.2, 0) is 44.6 Å². The van der Waals surface area contributed by atoms with Gasteiger partial charge in [-0.25, -0.2) is 8.78 Å². The molecule has 534 valence electrons. The van der Waals surface area contributed by atoms with Crippen LogP contribution in [0, 0.1) is 0 Å². The summed E-state index contributed by atoms with van der Waals surface area (Å²) in [5.74, 6) is -3.53. The minimum atomic E-state index is -4.39. The first kappa shape index (κ1) is 74.6. The molecule has 0 aliphatic carbocycles. The predicted octanol–water partition coefficient (Wildman–Crippen LogP) is 18.3. The maximum absolute atomic E-state index is 13.2. The average Bonchev–Trinajstić information content (AvgIpc) is 1.66. The molecule has 103 heavy (non-hydrogen) atoms. The number of hydrogen-bond acceptors (Lipinski definition) is 6. The Morgan fingerprint density at radius 2 is 0.961 bits per heavy atom.